The molecule has 0 saturated heterocycles. The number of aromatic nitrogens is 3. The van der Waals surface area contributed by atoms with Gasteiger partial charge in [0.05, 0.1) is 22.5 Å². The smallest absolute Gasteiger partial charge is 0.398 e. The monoisotopic (exact) mass is 506 g/mol. The van der Waals surface area contributed by atoms with Gasteiger partial charge in [0, 0.05) is 39.0 Å². The van der Waals surface area contributed by atoms with Gasteiger partial charge in [0.25, 0.3) is 0 Å². The summed E-state index contributed by atoms with van der Waals surface area (Å²) in [7, 11) is 0. The van der Waals surface area contributed by atoms with E-state index < -0.39 is 11.7 Å². The summed E-state index contributed by atoms with van der Waals surface area (Å²) < 4.78 is 38.6. The van der Waals surface area contributed by atoms with Crippen molar-refractivity contribution in [2.45, 2.75) is 6.18 Å². The number of halogens is 4. The maximum atomic E-state index is 12.9. The Bertz CT molecular complexity index is 1590. The summed E-state index contributed by atoms with van der Waals surface area (Å²) in [4.78, 5) is 13.1. The molecule has 0 aliphatic rings. The molecular formula is C26H18ClF3N6. The first-order valence-corrected chi connectivity index (χ1v) is 11.1. The highest BCUT2D eigenvalue weighted by atomic mass is 35.5. The summed E-state index contributed by atoms with van der Waals surface area (Å²) in [6, 6.07) is 20.8. The van der Waals surface area contributed by atoms with Gasteiger partial charge >= 0.3 is 6.18 Å². The summed E-state index contributed by atoms with van der Waals surface area (Å²) >= 11 is 6.10. The average Bonchev–Trinajstić information content (AvgIpc) is 2.83. The van der Waals surface area contributed by atoms with E-state index in [4.69, 9.17) is 23.1 Å². The molecule has 0 amide bonds. The second-order valence-corrected chi connectivity index (χ2v) is 8.47. The normalized spacial score (nSPS) is 11.6. The number of pyridine rings is 1. The lowest BCUT2D eigenvalue weighted by Crippen LogP contribution is -2.04. The number of fused-ring (bicyclic) bond motifs is 1. The van der Waals surface area contributed by atoms with Gasteiger partial charge < -0.3 is 16.8 Å². The quantitative estimate of drug-likeness (QED) is 0.244. The fraction of sp³-hybridized carbons (Fsp3) is 0.0385. The number of nitrogen functional groups attached to an aromatic ring is 2. The van der Waals surface area contributed by atoms with E-state index >= 15 is 0 Å². The third-order valence-corrected chi connectivity index (χ3v) is 5.72. The van der Waals surface area contributed by atoms with Crippen molar-refractivity contribution in [3.8, 4) is 22.5 Å². The molecule has 0 aliphatic heterocycles. The van der Waals surface area contributed by atoms with Crippen LogP contribution in [0.25, 0.3) is 33.4 Å². The number of hydrogen-bond donors (Lipinski definition) is 3. The predicted molar refractivity (Wildman–Crippen MR) is 137 cm³/mol. The lowest BCUT2D eigenvalue weighted by molar-refractivity contribution is -0.137. The summed E-state index contributed by atoms with van der Waals surface area (Å²) in [5.41, 5.74) is 15.6. The summed E-state index contributed by atoms with van der Waals surface area (Å²) in [6.45, 7) is 0. The van der Waals surface area contributed by atoms with Crippen LogP contribution < -0.4 is 16.8 Å². The van der Waals surface area contributed by atoms with Gasteiger partial charge in [0.15, 0.2) is 0 Å². The van der Waals surface area contributed by atoms with Gasteiger partial charge in [-0.1, -0.05) is 35.9 Å². The molecule has 5 aromatic rings. The Balaban J connectivity index is 1.45. The Morgan fingerprint density at radius 3 is 2.22 bits per heavy atom. The SMILES string of the molecule is Nc1nc(Nc2ccc3nc(-c4ccc(C(F)(F)F)cc4)cc(N)c3c2)cc(-c2cccc(Cl)c2)n1. The molecule has 0 unspecified atom stereocenters. The third kappa shape index (κ3) is 4.87. The number of alkyl halides is 3. The van der Waals surface area contributed by atoms with Crippen LogP contribution in [0, 0.1) is 0 Å². The van der Waals surface area contributed by atoms with Gasteiger partial charge in [-0.15, -0.1) is 0 Å². The number of nitrogens with one attached hydrogen (secondary N) is 1. The fourth-order valence-corrected chi connectivity index (χ4v) is 3.97. The molecule has 0 spiro atoms. The molecule has 36 heavy (non-hydrogen) atoms. The van der Waals surface area contributed by atoms with E-state index in [2.05, 4.69) is 20.3 Å². The van der Waals surface area contributed by atoms with E-state index in [1.54, 1.807) is 36.4 Å². The van der Waals surface area contributed by atoms with Crippen LogP contribution in [0.2, 0.25) is 5.02 Å². The van der Waals surface area contributed by atoms with Crippen LogP contribution in [0.1, 0.15) is 5.56 Å². The van der Waals surface area contributed by atoms with Crippen LogP contribution in [-0.4, -0.2) is 15.0 Å². The molecule has 5 N–H and O–H groups in total. The molecule has 6 nitrogen and oxygen atoms in total. The highest BCUT2D eigenvalue weighted by molar-refractivity contribution is 6.30. The molecule has 0 aliphatic carbocycles. The molecule has 3 aromatic carbocycles. The van der Waals surface area contributed by atoms with Crippen molar-refractivity contribution in [3.05, 3.63) is 89.4 Å². The number of hydrogen-bond acceptors (Lipinski definition) is 6. The number of benzene rings is 3. The van der Waals surface area contributed by atoms with Crippen LogP contribution in [0.3, 0.4) is 0 Å². The average molecular weight is 507 g/mol. The van der Waals surface area contributed by atoms with Crippen LogP contribution in [0.5, 0.6) is 0 Å². The maximum Gasteiger partial charge on any atom is 0.416 e. The van der Waals surface area contributed by atoms with Gasteiger partial charge in [0.2, 0.25) is 5.95 Å². The molecular weight excluding hydrogens is 489 g/mol. The van der Waals surface area contributed by atoms with Crippen molar-refractivity contribution in [2.75, 3.05) is 16.8 Å². The van der Waals surface area contributed by atoms with E-state index in [0.29, 0.717) is 50.1 Å². The number of anilines is 4. The van der Waals surface area contributed by atoms with Gasteiger partial charge in [-0.3, -0.25) is 0 Å². The summed E-state index contributed by atoms with van der Waals surface area (Å²) in [5.74, 6) is 0.572. The van der Waals surface area contributed by atoms with Crippen molar-refractivity contribution in [2.24, 2.45) is 0 Å². The zero-order valence-electron chi connectivity index (χ0n) is 18.5. The Hall–Kier alpha value is -4.37. The molecule has 0 saturated carbocycles. The first-order valence-electron chi connectivity index (χ1n) is 10.7. The van der Waals surface area contributed by atoms with Gasteiger partial charge in [-0.25, -0.2) is 9.97 Å². The minimum Gasteiger partial charge on any atom is -0.398 e. The largest absolute Gasteiger partial charge is 0.416 e. The minimum atomic E-state index is -4.40. The predicted octanol–water partition coefficient (Wildman–Crippen LogP) is 6.94. The molecule has 10 heteroatoms. The zero-order chi connectivity index (χ0) is 25.4. The Kier molecular flexibility index (Phi) is 5.85. The van der Waals surface area contributed by atoms with Crippen LogP contribution in [-0.2, 0) is 6.18 Å². The molecule has 0 atom stereocenters. The third-order valence-electron chi connectivity index (χ3n) is 5.48. The van der Waals surface area contributed by atoms with E-state index in [9.17, 15) is 13.2 Å². The second kappa shape index (κ2) is 9.01. The molecule has 0 fully saturated rings. The highest BCUT2D eigenvalue weighted by Crippen LogP contribution is 2.33. The summed E-state index contributed by atoms with van der Waals surface area (Å²) in [5, 5.41) is 4.45. The lowest BCUT2D eigenvalue weighted by Gasteiger charge is -2.12. The Labute approximate surface area is 208 Å². The van der Waals surface area contributed by atoms with E-state index in [0.717, 1.165) is 17.7 Å². The van der Waals surface area contributed by atoms with E-state index in [1.165, 1.54) is 12.1 Å². The fourth-order valence-electron chi connectivity index (χ4n) is 3.78. The highest BCUT2D eigenvalue weighted by Gasteiger charge is 2.30. The number of rotatable bonds is 4. The topological polar surface area (TPSA) is 103 Å². The molecule has 2 heterocycles. The number of nitrogens with zero attached hydrogens (tertiary/aromatic N) is 3. The lowest BCUT2D eigenvalue weighted by atomic mass is 10.1. The Morgan fingerprint density at radius 1 is 0.750 bits per heavy atom. The molecule has 0 radical (unpaired) electrons. The van der Waals surface area contributed by atoms with Crippen LogP contribution in [0.15, 0.2) is 78.9 Å². The molecule has 0 bridgehead atoms. The second-order valence-electron chi connectivity index (χ2n) is 8.04. The standard InChI is InChI=1S/C26H18ClF3N6/c27-17-3-1-2-15(10-17)23-13-24(36-25(32)35-23)33-18-8-9-21-19(11-18)20(31)12-22(34-21)14-4-6-16(7-5-14)26(28,29)30/h1-13H,(H2,31,34)(H3,32,33,35,36). The van der Waals surface area contributed by atoms with Crippen molar-refractivity contribution < 1.29 is 13.2 Å². The molecule has 5 rings (SSSR count). The molecule has 180 valence electrons. The Morgan fingerprint density at radius 2 is 1.50 bits per heavy atom. The van der Waals surface area contributed by atoms with Crippen molar-refractivity contribution in [1.82, 2.24) is 15.0 Å². The molecule has 2 aromatic heterocycles. The van der Waals surface area contributed by atoms with Crippen molar-refractivity contribution >= 4 is 45.6 Å². The van der Waals surface area contributed by atoms with E-state index in [-0.39, 0.29) is 5.95 Å². The minimum absolute atomic E-state index is 0.0955. The van der Waals surface area contributed by atoms with Gasteiger partial charge in [0.1, 0.15) is 5.82 Å². The van der Waals surface area contributed by atoms with Gasteiger partial charge in [-0.05, 0) is 48.5 Å². The van der Waals surface area contributed by atoms with Crippen LogP contribution in [0.4, 0.5) is 36.3 Å². The maximum absolute atomic E-state index is 12.9. The van der Waals surface area contributed by atoms with Crippen molar-refractivity contribution in [3.63, 3.8) is 0 Å². The number of nitrogens with two attached hydrogens (primary N) is 2. The zero-order valence-corrected chi connectivity index (χ0v) is 19.3. The van der Waals surface area contributed by atoms with Crippen molar-refractivity contribution in [1.29, 1.82) is 0 Å². The first-order chi connectivity index (χ1) is 17.2. The first kappa shape index (κ1) is 23.4. The van der Waals surface area contributed by atoms with Gasteiger partial charge in [-0.2, -0.15) is 18.2 Å². The van der Waals surface area contributed by atoms with E-state index in [1.807, 2.05) is 18.2 Å². The van der Waals surface area contributed by atoms with Crippen LogP contribution >= 0.6 is 11.6 Å². The summed E-state index contributed by atoms with van der Waals surface area (Å²) in [6.07, 6.45) is -4.40.